The quantitative estimate of drug-likeness (QED) is 0.658. The molecule has 0 saturated carbocycles. The summed E-state index contributed by atoms with van der Waals surface area (Å²) in [5.41, 5.74) is 1.83. The molecule has 6 heteroatoms. The second-order valence-corrected chi connectivity index (χ2v) is 5.87. The van der Waals surface area contributed by atoms with Crippen LogP contribution in [0.5, 0.6) is 0 Å². The number of rotatable bonds is 4. The molecule has 0 aliphatic heterocycles. The summed E-state index contributed by atoms with van der Waals surface area (Å²) in [5, 5.41) is 7.14. The van der Waals surface area contributed by atoms with Crippen LogP contribution >= 0.6 is 23.2 Å². The number of anilines is 3. The van der Waals surface area contributed by atoms with Crippen molar-refractivity contribution < 1.29 is 4.79 Å². The van der Waals surface area contributed by atoms with Gasteiger partial charge in [-0.05, 0) is 54.6 Å². The predicted octanol–water partition coefficient (Wildman–Crippen LogP) is 5.38. The van der Waals surface area contributed by atoms with Crippen LogP contribution in [0, 0.1) is 0 Å². The van der Waals surface area contributed by atoms with Gasteiger partial charge in [-0.1, -0.05) is 29.3 Å². The fourth-order valence-electron chi connectivity index (χ4n) is 2.12. The Morgan fingerprint density at radius 3 is 2.42 bits per heavy atom. The number of pyridine rings is 1. The van der Waals surface area contributed by atoms with Crippen molar-refractivity contribution in [1.29, 1.82) is 0 Å². The van der Waals surface area contributed by atoms with Crippen LogP contribution in [0.15, 0.2) is 66.9 Å². The molecule has 0 aliphatic carbocycles. The molecule has 24 heavy (non-hydrogen) atoms. The molecule has 2 N–H and O–H groups in total. The molecule has 3 aromatic rings. The van der Waals surface area contributed by atoms with E-state index in [1.807, 2.05) is 12.1 Å². The zero-order valence-electron chi connectivity index (χ0n) is 12.5. The molecule has 1 heterocycles. The number of hydrogen-bond acceptors (Lipinski definition) is 3. The maximum absolute atomic E-state index is 12.5. The lowest BCUT2D eigenvalue weighted by molar-refractivity contribution is 0.102. The average Bonchev–Trinajstić information content (AvgIpc) is 2.57. The van der Waals surface area contributed by atoms with Gasteiger partial charge in [-0.2, -0.15) is 0 Å². The van der Waals surface area contributed by atoms with Crippen LogP contribution < -0.4 is 10.6 Å². The third kappa shape index (κ3) is 4.04. The summed E-state index contributed by atoms with van der Waals surface area (Å²) in [6.07, 6.45) is 1.62. The van der Waals surface area contributed by atoms with E-state index in [1.54, 1.807) is 54.7 Å². The molecule has 1 amide bonds. The van der Waals surface area contributed by atoms with E-state index in [0.29, 0.717) is 27.1 Å². The first-order valence-electron chi connectivity index (χ1n) is 7.16. The summed E-state index contributed by atoms with van der Waals surface area (Å²) >= 11 is 11.8. The molecule has 0 saturated heterocycles. The molecule has 0 spiro atoms. The molecule has 0 atom stereocenters. The minimum absolute atomic E-state index is 0.269. The fourth-order valence-corrected chi connectivity index (χ4v) is 2.44. The first-order chi connectivity index (χ1) is 11.6. The Labute approximate surface area is 149 Å². The van der Waals surface area contributed by atoms with Crippen molar-refractivity contribution in [3.63, 3.8) is 0 Å². The Hall–Kier alpha value is -2.56. The van der Waals surface area contributed by atoms with Gasteiger partial charge in [0.2, 0.25) is 0 Å². The maximum atomic E-state index is 12.5. The van der Waals surface area contributed by atoms with Crippen LogP contribution in [0.25, 0.3) is 0 Å². The lowest BCUT2D eigenvalue weighted by Gasteiger charge is -2.11. The van der Waals surface area contributed by atoms with Crippen molar-refractivity contribution in [3.05, 3.63) is 82.5 Å². The number of amides is 1. The second kappa shape index (κ2) is 7.34. The Kier molecular flexibility index (Phi) is 4.99. The molecule has 0 radical (unpaired) electrons. The predicted molar refractivity (Wildman–Crippen MR) is 98.4 cm³/mol. The summed E-state index contributed by atoms with van der Waals surface area (Å²) in [5.74, 6) is 0.182. The highest BCUT2D eigenvalue weighted by Crippen LogP contribution is 2.22. The van der Waals surface area contributed by atoms with E-state index in [1.165, 1.54) is 0 Å². The molecule has 0 unspecified atom stereocenters. The SMILES string of the molecule is O=C(Nc1ccc(Cl)cc1)c1cccnc1Nc1cccc(Cl)c1. The van der Waals surface area contributed by atoms with Crippen molar-refractivity contribution in [2.24, 2.45) is 0 Å². The average molecular weight is 358 g/mol. The highest BCUT2D eigenvalue weighted by molar-refractivity contribution is 6.31. The van der Waals surface area contributed by atoms with Gasteiger partial charge >= 0.3 is 0 Å². The highest BCUT2D eigenvalue weighted by atomic mass is 35.5. The van der Waals surface area contributed by atoms with Gasteiger partial charge in [-0.25, -0.2) is 4.98 Å². The minimum atomic E-state index is -0.269. The van der Waals surface area contributed by atoms with E-state index >= 15 is 0 Å². The van der Waals surface area contributed by atoms with Gasteiger partial charge < -0.3 is 10.6 Å². The zero-order chi connectivity index (χ0) is 16.9. The molecule has 1 aromatic heterocycles. The Morgan fingerprint density at radius 2 is 1.67 bits per heavy atom. The zero-order valence-corrected chi connectivity index (χ0v) is 14.0. The molecule has 0 aliphatic rings. The lowest BCUT2D eigenvalue weighted by Crippen LogP contribution is -2.14. The fraction of sp³-hybridized carbons (Fsp3) is 0. The molecule has 3 rings (SSSR count). The number of nitrogens with zero attached hydrogens (tertiary/aromatic N) is 1. The summed E-state index contributed by atoms with van der Waals surface area (Å²) in [7, 11) is 0. The Morgan fingerprint density at radius 1 is 0.875 bits per heavy atom. The maximum Gasteiger partial charge on any atom is 0.259 e. The van der Waals surface area contributed by atoms with Crippen molar-refractivity contribution in [2.75, 3.05) is 10.6 Å². The molecule has 120 valence electrons. The second-order valence-electron chi connectivity index (χ2n) is 5.00. The van der Waals surface area contributed by atoms with Crippen LogP contribution in [0.1, 0.15) is 10.4 Å². The molecule has 0 bridgehead atoms. The van der Waals surface area contributed by atoms with Crippen molar-refractivity contribution in [2.45, 2.75) is 0 Å². The number of carbonyl (C=O) groups is 1. The number of aromatic nitrogens is 1. The van der Waals surface area contributed by atoms with Crippen LogP contribution in [-0.4, -0.2) is 10.9 Å². The van der Waals surface area contributed by atoms with Crippen LogP contribution in [0.4, 0.5) is 17.2 Å². The van der Waals surface area contributed by atoms with E-state index < -0.39 is 0 Å². The standard InChI is InChI=1S/C18H13Cl2N3O/c19-12-6-8-14(9-7-12)23-18(24)16-5-2-10-21-17(16)22-15-4-1-3-13(20)11-15/h1-11H,(H,21,22)(H,23,24). The molecule has 4 nitrogen and oxygen atoms in total. The Bertz CT molecular complexity index is 866. The van der Waals surface area contributed by atoms with Gasteiger partial charge in [-0.15, -0.1) is 0 Å². The first kappa shape index (κ1) is 16.3. The number of halogens is 2. The van der Waals surface area contributed by atoms with Gasteiger partial charge in [0, 0.05) is 27.6 Å². The molecule has 2 aromatic carbocycles. The van der Waals surface area contributed by atoms with E-state index in [4.69, 9.17) is 23.2 Å². The molecular formula is C18H13Cl2N3O. The van der Waals surface area contributed by atoms with E-state index in [9.17, 15) is 4.79 Å². The summed E-state index contributed by atoms with van der Waals surface area (Å²) in [6, 6.07) is 17.5. The number of nitrogens with one attached hydrogen (secondary N) is 2. The topological polar surface area (TPSA) is 54.0 Å². The van der Waals surface area contributed by atoms with Gasteiger partial charge in [-0.3, -0.25) is 4.79 Å². The molecule has 0 fully saturated rings. The summed E-state index contributed by atoms with van der Waals surface area (Å²) in [4.78, 5) is 16.8. The number of carbonyl (C=O) groups excluding carboxylic acids is 1. The number of benzene rings is 2. The van der Waals surface area contributed by atoms with Crippen molar-refractivity contribution in [3.8, 4) is 0 Å². The Balaban J connectivity index is 1.83. The monoisotopic (exact) mass is 357 g/mol. The lowest BCUT2D eigenvalue weighted by atomic mass is 10.2. The summed E-state index contributed by atoms with van der Waals surface area (Å²) < 4.78 is 0. The third-order valence-corrected chi connectivity index (χ3v) is 3.73. The van der Waals surface area contributed by atoms with E-state index in [0.717, 1.165) is 5.69 Å². The van der Waals surface area contributed by atoms with E-state index in [2.05, 4.69) is 15.6 Å². The van der Waals surface area contributed by atoms with Gasteiger partial charge in [0.15, 0.2) is 0 Å². The van der Waals surface area contributed by atoms with Gasteiger partial charge in [0.1, 0.15) is 5.82 Å². The van der Waals surface area contributed by atoms with Gasteiger partial charge in [0.05, 0.1) is 5.56 Å². The first-order valence-corrected chi connectivity index (χ1v) is 7.92. The normalized spacial score (nSPS) is 10.2. The van der Waals surface area contributed by atoms with Crippen molar-refractivity contribution in [1.82, 2.24) is 4.98 Å². The summed E-state index contributed by atoms with van der Waals surface area (Å²) in [6.45, 7) is 0. The van der Waals surface area contributed by atoms with Crippen LogP contribution in [0.3, 0.4) is 0 Å². The van der Waals surface area contributed by atoms with Crippen molar-refractivity contribution >= 4 is 46.3 Å². The third-order valence-electron chi connectivity index (χ3n) is 3.24. The van der Waals surface area contributed by atoms with Crippen LogP contribution in [0.2, 0.25) is 10.0 Å². The smallest absolute Gasteiger partial charge is 0.259 e. The minimum Gasteiger partial charge on any atom is -0.340 e. The highest BCUT2D eigenvalue weighted by Gasteiger charge is 2.13. The largest absolute Gasteiger partial charge is 0.340 e. The number of hydrogen-bond donors (Lipinski definition) is 2. The van der Waals surface area contributed by atoms with E-state index in [-0.39, 0.29) is 5.91 Å². The molecular weight excluding hydrogens is 345 g/mol. The van der Waals surface area contributed by atoms with Gasteiger partial charge in [0.25, 0.3) is 5.91 Å². The van der Waals surface area contributed by atoms with Crippen LogP contribution in [-0.2, 0) is 0 Å².